The number of amides is 4. The molecule has 30 heavy (non-hydrogen) atoms. The fourth-order valence-electron chi connectivity index (χ4n) is 3.24. The van der Waals surface area contributed by atoms with Crippen LogP contribution in [0.5, 0.6) is 5.75 Å². The normalized spacial score (nSPS) is 15.4. The number of hydrogen-bond donors (Lipinski definition) is 1. The van der Waals surface area contributed by atoms with Gasteiger partial charge in [-0.05, 0) is 56.3 Å². The Bertz CT molecular complexity index is 1010. The van der Waals surface area contributed by atoms with Crippen molar-refractivity contribution in [3.8, 4) is 5.75 Å². The molecule has 7 nitrogen and oxygen atoms in total. The summed E-state index contributed by atoms with van der Waals surface area (Å²) in [5, 5.41) is 2.67. The Morgan fingerprint density at radius 2 is 1.73 bits per heavy atom. The third kappa shape index (κ3) is 4.16. The van der Waals surface area contributed by atoms with Gasteiger partial charge in [0.1, 0.15) is 11.3 Å². The van der Waals surface area contributed by atoms with E-state index < -0.39 is 17.8 Å². The Kier molecular flexibility index (Phi) is 6.42. The third-order valence-electron chi connectivity index (χ3n) is 4.83. The molecule has 0 aliphatic carbocycles. The lowest BCUT2D eigenvalue weighted by atomic mass is 10.1. The van der Waals surface area contributed by atoms with Crippen molar-refractivity contribution in [3.63, 3.8) is 0 Å². The van der Waals surface area contributed by atoms with E-state index in [9.17, 15) is 14.4 Å². The van der Waals surface area contributed by atoms with Crippen LogP contribution in [0.2, 0.25) is 5.02 Å². The van der Waals surface area contributed by atoms with Gasteiger partial charge in [-0.15, -0.1) is 0 Å². The summed E-state index contributed by atoms with van der Waals surface area (Å²) in [6.07, 6.45) is 1.43. The monoisotopic (exact) mass is 427 g/mol. The van der Waals surface area contributed by atoms with Gasteiger partial charge in [-0.1, -0.05) is 11.6 Å². The average Bonchev–Trinajstić information content (AvgIpc) is 2.73. The first-order valence-corrected chi connectivity index (χ1v) is 9.87. The van der Waals surface area contributed by atoms with Gasteiger partial charge in [0.05, 0.1) is 12.8 Å². The van der Waals surface area contributed by atoms with Gasteiger partial charge in [-0.2, -0.15) is 0 Å². The highest BCUT2D eigenvalue weighted by molar-refractivity contribution is 6.39. The van der Waals surface area contributed by atoms with E-state index in [-0.39, 0.29) is 5.57 Å². The van der Waals surface area contributed by atoms with Crippen molar-refractivity contribution in [1.82, 2.24) is 5.32 Å². The van der Waals surface area contributed by atoms with E-state index >= 15 is 0 Å². The molecule has 1 fully saturated rings. The summed E-state index contributed by atoms with van der Waals surface area (Å²) in [6.45, 7) is 5.77. The van der Waals surface area contributed by atoms with Gasteiger partial charge in [0.25, 0.3) is 11.8 Å². The smallest absolute Gasteiger partial charge is 0.335 e. The van der Waals surface area contributed by atoms with E-state index in [0.29, 0.717) is 22.0 Å². The largest absolute Gasteiger partial charge is 0.496 e. The Morgan fingerprint density at radius 1 is 1.07 bits per heavy atom. The number of benzene rings is 2. The lowest BCUT2D eigenvalue weighted by molar-refractivity contribution is -0.122. The highest BCUT2D eigenvalue weighted by atomic mass is 35.5. The fraction of sp³-hybridized carbons (Fsp3) is 0.227. The second-order valence-corrected chi connectivity index (χ2v) is 6.97. The number of nitrogens with one attached hydrogen (secondary N) is 1. The molecule has 2 aromatic carbocycles. The molecule has 1 N–H and O–H groups in total. The predicted octanol–water partition coefficient (Wildman–Crippen LogP) is 3.86. The zero-order valence-electron chi connectivity index (χ0n) is 16.9. The molecule has 0 radical (unpaired) electrons. The summed E-state index contributed by atoms with van der Waals surface area (Å²) < 4.78 is 5.47. The summed E-state index contributed by atoms with van der Waals surface area (Å²) in [4.78, 5) is 40.7. The molecule has 156 valence electrons. The Labute approximate surface area is 179 Å². The minimum atomic E-state index is -0.812. The van der Waals surface area contributed by atoms with E-state index in [1.54, 1.807) is 18.2 Å². The highest BCUT2D eigenvalue weighted by Gasteiger charge is 2.37. The van der Waals surface area contributed by atoms with Crippen LogP contribution in [-0.2, 0) is 9.59 Å². The van der Waals surface area contributed by atoms with Crippen molar-refractivity contribution in [2.75, 3.05) is 30.0 Å². The van der Waals surface area contributed by atoms with E-state index in [2.05, 4.69) is 24.1 Å². The molecular formula is C22H22ClN3O4. The second kappa shape index (κ2) is 9.00. The molecule has 0 unspecified atom stereocenters. The SMILES string of the molecule is CCN(CC)c1ccc(/C=C2\C(=O)NC(=O)N(c3ccc(Cl)cc3)C2=O)c(OC)c1. The van der Waals surface area contributed by atoms with E-state index in [0.717, 1.165) is 23.7 Å². The topological polar surface area (TPSA) is 79.0 Å². The molecule has 3 rings (SSSR count). The quantitative estimate of drug-likeness (QED) is 0.559. The van der Waals surface area contributed by atoms with Gasteiger partial charge >= 0.3 is 6.03 Å². The summed E-state index contributed by atoms with van der Waals surface area (Å²) >= 11 is 5.88. The van der Waals surface area contributed by atoms with Crippen LogP contribution in [0.1, 0.15) is 19.4 Å². The molecule has 2 aromatic rings. The molecular weight excluding hydrogens is 406 g/mol. The first-order chi connectivity index (χ1) is 14.4. The maximum Gasteiger partial charge on any atom is 0.335 e. The van der Waals surface area contributed by atoms with Crippen molar-refractivity contribution in [1.29, 1.82) is 0 Å². The van der Waals surface area contributed by atoms with E-state index in [1.165, 1.54) is 25.3 Å². The van der Waals surface area contributed by atoms with Gasteiger partial charge in [0, 0.05) is 35.4 Å². The van der Waals surface area contributed by atoms with Crippen LogP contribution in [0.4, 0.5) is 16.2 Å². The zero-order valence-corrected chi connectivity index (χ0v) is 17.7. The number of halogens is 1. The number of nitrogens with zero attached hydrogens (tertiary/aromatic N) is 2. The first kappa shape index (κ1) is 21.4. The van der Waals surface area contributed by atoms with Gasteiger partial charge < -0.3 is 9.64 Å². The summed E-state index contributed by atoms with van der Waals surface area (Å²) in [5.74, 6) is -0.964. The highest BCUT2D eigenvalue weighted by Crippen LogP contribution is 2.29. The fourth-order valence-corrected chi connectivity index (χ4v) is 3.37. The van der Waals surface area contributed by atoms with Crippen LogP contribution in [0.15, 0.2) is 48.0 Å². The predicted molar refractivity (Wildman–Crippen MR) is 117 cm³/mol. The third-order valence-corrected chi connectivity index (χ3v) is 5.08. The number of barbiturate groups is 1. The van der Waals surface area contributed by atoms with Crippen molar-refractivity contribution in [2.45, 2.75) is 13.8 Å². The number of ether oxygens (including phenoxy) is 1. The number of imide groups is 2. The van der Waals surface area contributed by atoms with Crippen LogP contribution in [-0.4, -0.2) is 38.0 Å². The van der Waals surface area contributed by atoms with Gasteiger partial charge in [0.2, 0.25) is 0 Å². The van der Waals surface area contributed by atoms with Crippen molar-refractivity contribution >= 4 is 46.9 Å². The second-order valence-electron chi connectivity index (χ2n) is 6.53. The van der Waals surface area contributed by atoms with Gasteiger partial charge in [-0.25, -0.2) is 9.69 Å². The lowest BCUT2D eigenvalue weighted by Crippen LogP contribution is -2.54. The van der Waals surface area contributed by atoms with Gasteiger partial charge in [0.15, 0.2) is 0 Å². The summed E-state index contributed by atoms with van der Waals surface area (Å²) in [5.41, 5.74) is 1.66. The number of anilines is 2. The molecule has 0 saturated carbocycles. The molecule has 1 aliphatic heterocycles. The van der Waals surface area contributed by atoms with Crippen molar-refractivity contribution < 1.29 is 19.1 Å². The van der Waals surface area contributed by atoms with E-state index in [1.807, 2.05) is 12.1 Å². The first-order valence-electron chi connectivity index (χ1n) is 9.49. The van der Waals surface area contributed by atoms with Crippen LogP contribution in [0, 0.1) is 0 Å². The van der Waals surface area contributed by atoms with Crippen LogP contribution < -0.4 is 19.9 Å². The Hall–Kier alpha value is -3.32. The lowest BCUT2D eigenvalue weighted by Gasteiger charge is -2.26. The molecule has 1 aliphatic rings. The van der Waals surface area contributed by atoms with Crippen LogP contribution >= 0.6 is 11.6 Å². The van der Waals surface area contributed by atoms with Crippen molar-refractivity contribution in [3.05, 3.63) is 58.6 Å². The molecule has 4 amide bonds. The van der Waals surface area contributed by atoms with E-state index in [4.69, 9.17) is 16.3 Å². The zero-order chi connectivity index (χ0) is 21.8. The number of hydrogen-bond acceptors (Lipinski definition) is 5. The van der Waals surface area contributed by atoms with Gasteiger partial charge in [-0.3, -0.25) is 14.9 Å². The number of rotatable bonds is 6. The Balaban J connectivity index is 2.01. The van der Waals surface area contributed by atoms with Crippen LogP contribution in [0.25, 0.3) is 6.08 Å². The summed E-state index contributed by atoms with van der Waals surface area (Å²) in [7, 11) is 1.52. The average molecular weight is 428 g/mol. The molecule has 1 heterocycles. The number of carbonyl (C=O) groups excluding carboxylic acids is 3. The minimum absolute atomic E-state index is 0.168. The minimum Gasteiger partial charge on any atom is -0.496 e. The molecule has 0 atom stereocenters. The summed E-state index contributed by atoms with van der Waals surface area (Å²) in [6, 6.07) is 10.9. The van der Waals surface area contributed by atoms with Crippen molar-refractivity contribution in [2.24, 2.45) is 0 Å². The molecule has 1 saturated heterocycles. The molecule has 0 bridgehead atoms. The maximum absolute atomic E-state index is 13.0. The number of carbonyl (C=O) groups is 3. The Morgan fingerprint density at radius 3 is 2.33 bits per heavy atom. The molecule has 0 spiro atoms. The van der Waals surface area contributed by atoms with Crippen LogP contribution in [0.3, 0.4) is 0 Å². The molecule has 8 heteroatoms. The number of methoxy groups -OCH3 is 1. The number of urea groups is 1. The standard InChI is InChI=1S/C22H22ClN3O4/c1-4-25(5-2)17-9-6-14(19(13-17)30-3)12-18-20(27)24-22(29)26(21(18)28)16-10-7-15(23)8-11-16/h6-13H,4-5H2,1-3H3,(H,24,27,29)/b18-12+. The molecule has 0 aromatic heterocycles. The maximum atomic E-state index is 13.0.